The predicted octanol–water partition coefficient (Wildman–Crippen LogP) is 4.14. The van der Waals surface area contributed by atoms with Crippen LogP contribution in [0.1, 0.15) is 12.8 Å². The fraction of sp³-hybridized carbons (Fsp3) is 0.350. The lowest BCUT2D eigenvalue weighted by atomic mass is 10.1. The molecule has 0 amide bonds. The third-order valence-corrected chi connectivity index (χ3v) is 5.93. The van der Waals surface area contributed by atoms with E-state index in [1.54, 1.807) is 18.6 Å². The second-order valence-electron chi connectivity index (χ2n) is 7.06. The molecule has 1 aromatic carbocycles. The number of hydrogen-bond acceptors (Lipinski definition) is 5. The van der Waals surface area contributed by atoms with Crippen molar-refractivity contribution in [1.82, 2.24) is 14.5 Å². The SMILES string of the molecule is O=C(O)C(F)COC[C@@H]1CCCN1c1cc(-n2ccnc2)c2ccc(Cl)c(Cl)c2n1. The zero-order valence-corrected chi connectivity index (χ0v) is 17.4. The van der Waals surface area contributed by atoms with Crippen molar-refractivity contribution in [3.05, 3.63) is 47.0 Å². The number of hydrogen-bond donors (Lipinski definition) is 1. The summed E-state index contributed by atoms with van der Waals surface area (Å²) in [5, 5.41) is 10.3. The van der Waals surface area contributed by atoms with E-state index in [-0.39, 0.29) is 12.6 Å². The third kappa shape index (κ3) is 4.08. The number of fused-ring (bicyclic) bond motifs is 1. The van der Waals surface area contributed by atoms with Crippen LogP contribution in [0, 0.1) is 0 Å². The molecule has 0 bridgehead atoms. The van der Waals surface area contributed by atoms with Gasteiger partial charge in [-0.05, 0) is 25.0 Å². The summed E-state index contributed by atoms with van der Waals surface area (Å²) < 4.78 is 20.5. The molecule has 0 radical (unpaired) electrons. The van der Waals surface area contributed by atoms with Gasteiger partial charge in [0.05, 0.1) is 46.8 Å². The highest BCUT2D eigenvalue weighted by atomic mass is 35.5. The maximum atomic E-state index is 13.3. The van der Waals surface area contributed by atoms with Gasteiger partial charge in [-0.15, -0.1) is 0 Å². The maximum Gasteiger partial charge on any atom is 0.340 e. The molecule has 0 aliphatic carbocycles. The van der Waals surface area contributed by atoms with E-state index >= 15 is 0 Å². The predicted molar refractivity (Wildman–Crippen MR) is 113 cm³/mol. The third-order valence-electron chi connectivity index (χ3n) is 5.13. The average Bonchev–Trinajstić information content (AvgIpc) is 3.42. The summed E-state index contributed by atoms with van der Waals surface area (Å²) in [6.07, 6.45) is 4.92. The minimum Gasteiger partial charge on any atom is -0.479 e. The number of aromatic nitrogens is 3. The van der Waals surface area contributed by atoms with Gasteiger partial charge in [0, 0.05) is 30.4 Å². The van der Waals surface area contributed by atoms with Gasteiger partial charge in [0.15, 0.2) is 0 Å². The second-order valence-corrected chi connectivity index (χ2v) is 7.84. The molecule has 3 aromatic rings. The number of alkyl halides is 1. The summed E-state index contributed by atoms with van der Waals surface area (Å²) in [6, 6.07) is 5.50. The van der Waals surface area contributed by atoms with E-state index in [0.717, 1.165) is 30.5 Å². The molecule has 3 heterocycles. The van der Waals surface area contributed by atoms with Crippen LogP contribution in [0.4, 0.5) is 10.2 Å². The first-order chi connectivity index (χ1) is 14.5. The number of anilines is 1. The molecule has 1 aliphatic rings. The molecule has 0 spiro atoms. The Kier molecular flexibility index (Phi) is 6.08. The van der Waals surface area contributed by atoms with Crippen molar-refractivity contribution in [2.75, 3.05) is 24.7 Å². The molecule has 0 saturated carbocycles. The smallest absolute Gasteiger partial charge is 0.340 e. The van der Waals surface area contributed by atoms with Gasteiger partial charge in [0.2, 0.25) is 6.17 Å². The maximum absolute atomic E-state index is 13.3. The average molecular weight is 453 g/mol. The first kappa shape index (κ1) is 20.8. The van der Waals surface area contributed by atoms with Crippen LogP contribution in [0.25, 0.3) is 16.6 Å². The Morgan fingerprint density at radius 1 is 1.40 bits per heavy atom. The van der Waals surface area contributed by atoms with Crippen LogP contribution < -0.4 is 4.90 Å². The molecule has 4 rings (SSSR count). The van der Waals surface area contributed by atoms with Gasteiger partial charge in [-0.1, -0.05) is 23.2 Å². The van der Waals surface area contributed by atoms with Crippen LogP contribution in [-0.4, -0.2) is 57.6 Å². The summed E-state index contributed by atoms with van der Waals surface area (Å²) in [5.74, 6) is -0.831. The molecule has 2 aromatic heterocycles. The topological polar surface area (TPSA) is 80.5 Å². The molecule has 1 unspecified atom stereocenters. The molecule has 1 N–H and O–H groups in total. The number of carboxylic acid groups (broad SMARTS) is 1. The van der Waals surface area contributed by atoms with Crippen molar-refractivity contribution in [1.29, 1.82) is 0 Å². The zero-order valence-electron chi connectivity index (χ0n) is 15.8. The van der Waals surface area contributed by atoms with Crippen molar-refractivity contribution >= 4 is 45.9 Å². The number of nitrogens with zero attached hydrogens (tertiary/aromatic N) is 4. The lowest BCUT2D eigenvalue weighted by molar-refractivity contribution is -0.145. The molecule has 10 heteroatoms. The first-order valence-electron chi connectivity index (χ1n) is 9.44. The summed E-state index contributed by atoms with van der Waals surface area (Å²) in [7, 11) is 0. The minimum absolute atomic E-state index is 0.0514. The minimum atomic E-state index is -2.03. The quantitative estimate of drug-likeness (QED) is 0.580. The normalized spacial score (nSPS) is 17.6. The fourth-order valence-electron chi connectivity index (χ4n) is 3.65. The van der Waals surface area contributed by atoms with Crippen molar-refractivity contribution in [3.63, 3.8) is 0 Å². The number of benzene rings is 1. The number of aliphatic carboxylic acids is 1. The van der Waals surface area contributed by atoms with Crippen LogP contribution in [-0.2, 0) is 9.53 Å². The standard InChI is InChI=1S/C20H19Cl2FN4O3/c21-14-4-3-13-16(26-7-5-24-11-26)8-17(25-19(13)18(14)22)27-6-1-2-12(27)9-30-10-15(23)20(28)29/h3-5,7-8,11-12,15H,1-2,6,9-10H2,(H,28,29)/t12-,15?/m0/s1. The molecular formula is C20H19Cl2FN4O3. The fourth-order valence-corrected chi connectivity index (χ4v) is 4.01. The van der Waals surface area contributed by atoms with Crippen molar-refractivity contribution in [3.8, 4) is 5.69 Å². The van der Waals surface area contributed by atoms with Gasteiger partial charge < -0.3 is 19.3 Å². The van der Waals surface area contributed by atoms with Gasteiger partial charge in [-0.3, -0.25) is 0 Å². The van der Waals surface area contributed by atoms with E-state index in [4.69, 9.17) is 38.0 Å². The molecule has 1 saturated heterocycles. The lowest BCUT2D eigenvalue weighted by Crippen LogP contribution is -2.35. The molecule has 1 fully saturated rings. The summed E-state index contributed by atoms with van der Waals surface area (Å²) >= 11 is 12.7. The van der Waals surface area contributed by atoms with E-state index in [0.29, 0.717) is 21.4 Å². The summed E-state index contributed by atoms with van der Waals surface area (Å²) in [6.45, 7) is 0.468. The highest BCUT2D eigenvalue weighted by molar-refractivity contribution is 6.45. The van der Waals surface area contributed by atoms with Crippen molar-refractivity contribution in [2.24, 2.45) is 0 Å². The molecule has 7 nitrogen and oxygen atoms in total. The van der Waals surface area contributed by atoms with Crippen LogP contribution in [0.2, 0.25) is 10.0 Å². The first-order valence-corrected chi connectivity index (χ1v) is 10.2. The largest absolute Gasteiger partial charge is 0.479 e. The number of carboxylic acids is 1. The van der Waals surface area contributed by atoms with Gasteiger partial charge in [0.1, 0.15) is 5.82 Å². The van der Waals surface area contributed by atoms with Gasteiger partial charge in [-0.25, -0.2) is 19.2 Å². The second kappa shape index (κ2) is 8.75. The van der Waals surface area contributed by atoms with E-state index in [1.165, 1.54) is 0 Å². The molecule has 1 aliphatic heterocycles. The van der Waals surface area contributed by atoms with E-state index in [9.17, 15) is 9.18 Å². The Hall–Kier alpha value is -2.42. The summed E-state index contributed by atoms with van der Waals surface area (Å²) in [5.41, 5.74) is 1.43. The molecule has 30 heavy (non-hydrogen) atoms. The highest BCUT2D eigenvalue weighted by Crippen LogP contribution is 2.36. The summed E-state index contributed by atoms with van der Waals surface area (Å²) in [4.78, 5) is 21.6. The van der Waals surface area contributed by atoms with Crippen LogP contribution in [0.5, 0.6) is 0 Å². The van der Waals surface area contributed by atoms with E-state index in [2.05, 4.69) is 9.88 Å². The molecular weight excluding hydrogens is 434 g/mol. The van der Waals surface area contributed by atoms with E-state index in [1.807, 2.05) is 22.9 Å². The molecule has 158 valence electrons. The Morgan fingerprint density at radius 3 is 2.97 bits per heavy atom. The van der Waals surface area contributed by atoms with Crippen LogP contribution in [0.3, 0.4) is 0 Å². The Morgan fingerprint density at radius 2 is 2.23 bits per heavy atom. The number of rotatable bonds is 7. The lowest BCUT2D eigenvalue weighted by Gasteiger charge is -2.27. The number of halogens is 3. The van der Waals surface area contributed by atoms with Crippen LogP contribution in [0.15, 0.2) is 36.9 Å². The highest BCUT2D eigenvalue weighted by Gasteiger charge is 2.28. The monoisotopic (exact) mass is 452 g/mol. The van der Waals surface area contributed by atoms with Crippen molar-refractivity contribution < 1.29 is 19.0 Å². The van der Waals surface area contributed by atoms with Gasteiger partial charge in [-0.2, -0.15) is 0 Å². The number of ether oxygens (including phenoxy) is 1. The Bertz CT molecular complexity index is 1060. The van der Waals surface area contributed by atoms with Crippen LogP contribution >= 0.6 is 23.2 Å². The van der Waals surface area contributed by atoms with Crippen molar-refractivity contribution in [2.45, 2.75) is 25.1 Å². The Balaban J connectivity index is 1.68. The van der Waals surface area contributed by atoms with Gasteiger partial charge >= 0.3 is 5.97 Å². The molecule has 2 atom stereocenters. The number of carbonyl (C=O) groups is 1. The van der Waals surface area contributed by atoms with Gasteiger partial charge in [0.25, 0.3) is 0 Å². The van der Waals surface area contributed by atoms with E-state index < -0.39 is 18.7 Å². The Labute approximate surface area is 182 Å². The zero-order chi connectivity index (χ0) is 21.3. The number of imidazole rings is 1. The number of pyridine rings is 1.